The fourth-order valence-electron chi connectivity index (χ4n) is 11.7. The maximum Gasteiger partial charge on any atom is 0.410 e. The first-order valence-corrected chi connectivity index (χ1v) is 33.8. The minimum atomic E-state index is -2.01. The third kappa shape index (κ3) is 26.1. The number of nitrogens with one attached hydrogen (secondary N) is 3. The first-order valence-electron chi connectivity index (χ1n) is 33.8. The Hall–Kier alpha value is -6.23. The maximum atomic E-state index is 14.9. The number of carbonyl (C=O) groups excluding carboxylic acids is 6. The molecule has 0 spiro atoms. The highest BCUT2D eigenvalue weighted by Gasteiger charge is 2.49. The van der Waals surface area contributed by atoms with Gasteiger partial charge in [-0.3, -0.25) is 28.9 Å². The van der Waals surface area contributed by atoms with Crippen LogP contribution in [0.1, 0.15) is 105 Å². The zero-order valence-corrected chi connectivity index (χ0v) is 59.1. The van der Waals surface area contributed by atoms with Crippen LogP contribution < -0.4 is 26.4 Å². The smallest absolute Gasteiger partial charge is 0.410 e. The Bertz CT molecular complexity index is 2720. The molecule has 0 aliphatic carbocycles. The Kier molecular flexibility index (Phi) is 37.9. The third-order valence-corrected chi connectivity index (χ3v) is 17.4. The van der Waals surface area contributed by atoms with Crippen LogP contribution >= 0.6 is 0 Å². The van der Waals surface area contributed by atoms with Gasteiger partial charge in [-0.05, 0) is 60.8 Å². The number of amides is 6. The molecule has 2 aromatic carbocycles. The highest BCUT2D eigenvalue weighted by molar-refractivity contribution is 5.93. The third-order valence-electron chi connectivity index (χ3n) is 17.4. The molecular weight excluding hydrogens is 1280 g/mol. The predicted octanol–water partition coefficient (Wildman–Crippen LogP) is 2.24. The van der Waals surface area contributed by atoms with Crippen molar-refractivity contribution < 1.29 is 111 Å². The lowest BCUT2D eigenvalue weighted by Crippen LogP contribution is -2.61. The van der Waals surface area contributed by atoms with E-state index in [0.717, 1.165) is 4.90 Å². The number of carboxylic acids is 1. The molecule has 0 radical (unpaired) electrons. The molecule has 2 fully saturated rings. The summed E-state index contributed by atoms with van der Waals surface area (Å²) in [6.45, 7) is 18.7. The number of aliphatic hydroxyl groups is 4. The van der Waals surface area contributed by atoms with Gasteiger partial charge in [0.25, 0.3) is 0 Å². The Morgan fingerprint density at radius 2 is 1.30 bits per heavy atom. The fraction of sp³-hybridized carbons (Fsp3) is 0.721. The molecule has 0 aromatic heterocycles. The summed E-state index contributed by atoms with van der Waals surface area (Å²) in [7, 11) is 5.97. The molecule has 10 N–H and O–H groups in total. The molecule has 4 rings (SSSR count). The summed E-state index contributed by atoms with van der Waals surface area (Å²) < 4.78 is 61.7. The number of ether oxygens (including phenoxy) is 11. The minimum Gasteiger partial charge on any atom is -0.479 e. The number of likely N-dealkylation sites (N-methyl/N-ethyl adjacent to an activating group) is 2. The average molecular weight is 1390 g/mol. The normalized spacial score (nSPS) is 20.7. The van der Waals surface area contributed by atoms with E-state index < -0.39 is 133 Å². The van der Waals surface area contributed by atoms with Gasteiger partial charge in [0.2, 0.25) is 35.8 Å². The molecule has 2 aliphatic rings. The Morgan fingerprint density at radius 1 is 0.714 bits per heavy atom. The lowest BCUT2D eigenvalue weighted by Gasteiger charge is -2.41. The van der Waals surface area contributed by atoms with Crippen LogP contribution in [-0.4, -0.2) is 276 Å². The first kappa shape index (κ1) is 84.2. The second-order valence-electron chi connectivity index (χ2n) is 25.3. The van der Waals surface area contributed by atoms with Crippen molar-refractivity contribution in [2.45, 2.75) is 173 Å². The zero-order chi connectivity index (χ0) is 72.6. The van der Waals surface area contributed by atoms with Crippen LogP contribution in [0.25, 0.3) is 0 Å². The Balaban J connectivity index is 1.39. The average Bonchev–Trinajstić information content (AvgIpc) is 1.07. The van der Waals surface area contributed by atoms with Gasteiger partial charge in [0.15, 0.2) is 6.10 Å². The molecule has 98 heavy (non-hydrogen) atoms. The van der Waals surface area contributed by atoms with Gasteiger partial charge in [-0.2, -0.15) is 0 Å². The Labute approximate surface area is 576 Å². The van der Waals surface area contributed by atoms with E-state index in [1.807, 2.05) is 32.0 Å². The number of carboxylic acid groups (broad SMARTS) is 1. The summed E-state index contributed by atoms with van der Waals surface area (Å²) >= 11 is 0. The fourth-order valence-corrected chi connectivity index (χ4v) is 11.7. The van der Waals surface area contributed by atoms with E-state index in [2.05, 4.69) is 16.0 Å². The molecule has 30 heteroatoms. The number of benzene rings is 2. The second-order valence-corrected chi connectivity index (χ2v) is 25.3. The molecule has 30 nitrogen and oxygen atoms in total. The molecule has 6 amide bonds. The van der Waals surface area contributed by atoms with E-state index in [9.17, 15) is 59.1 Å². The number of nitrogens with two attached hydrogens (primary N) is 1. The number of aliphatic carboxylic acids is 1. The van der Waals surface area contributed by atoms with Crippen molar-refractivity contribution in [2.24, 2.45) is 29.4 Å². The number of likely N-dealkylation sites (tertiary alicyclic amines) is 1. The van der Waals surface area contributed by atoms with Crippen LogP contribution in [0.2, 0.25) is 0 Å². The van der Waals surface area contributed by atoms with E-state index in [4.69, 9.17) is 57.8 Å². The highest BCUT2D eigenvalue weighted by Crippen LogP contribution is 2.33. The van der Waals surface area contributed by atoms with Gasteiger partial charge in [-0.15, -0.1) is 0 Å². The highest BCUT2D eigenvalue weighted by atomic mass is 16.7. The van der Waals surface area contributed by atoms with Crippen molar-refractivity contribution in [1.82, 2.24) is 25.3 Å². The quantitative estimate of drug-likeness (QED) is 0.0429. The number of aliphatic hydroxyl groups excluding tert-OH is 4. The standard InChI is InChI=1S/C68H111N7O23/c1-13-43(6)56(51(88-11)39-53(77)75-25-17-20-49(75)61(89-12)44(7)63(82)70-45(8)57(78)47-18-15-14-16-19-47)73(9)65(84)54(41(2)3)72-64(83)55(42(4)5)74(10)68(87)96-40-46-21-22-50(97-67-60(81)58(79)59(80)62(98-67)66(85)86)48(38-46)71-52(76)23-26-90-28-30-92-32-34-94-36-37-95-35-33-93-31-29-91-27-24-69/h14-16,18-19,21-22,38,41-45,49,51,54-62,67,78-81H,13,17,20,23-37,39-40,69H2,1-12H3,(H,70,82)(H,71,76)(H,72,83)(H,85,86)/t43-,44+,45+,49-,51+,54-,55-,56-,57+,58-,59-,60+,61+,62-,67+/m0/s1. The number of rotatable bonds is 46. The van der Waals surface area contributed by atoms with Gasteiger partial charge in [-0.25, -0.2) is 9.59 Å². The second kappa shape index (κ2) is 44.1. The lowest BCUT2D eigenvalue weighted by molar-refractivity contribution is -0.271. The van der Waals surface area contributed by atoms with Crippen molar-refractivity contribution in [3.05, 3.63) is 59.7 Å². The van der Waals surface area contributed by atoms with Crippen molar-refractivity contribution in [1.29, 1.82) is 0 Å². The van der Waals surface area contributed by atoms with Gasteiger partial charge in [0, 0.05) is 41.4 Å². The van der Waals surface area contributed by atoms with Crippen LogP contribution in [0, 0.1) is 23.7 Å². The number of carbonyl (C=O) groups is 7. The number of hydrogen-bond acceptors (Lipinski definition) is 23. The minimum absolute atomic E-state index is 0.0451. The summed E-state index contributed by atoms with van der Waals surface area (Å²) in [6.07, 6.45) is -11.6. The van der Waals surface area contributed by atoms with Crippen LogP contribution in [0.4, 0.5) is 10.5 Å². The topological polar surface area (TPSA) is 394 Å². The molecule has 2 aromatic rings. The van der Waals surface area contributed by atoms with E-state index in [0.29, 0.717) is 90.8 Å². The van der Waals surface area contributed by atoms with E-state index in [1.165, 1.54) is 44.4 Å². The summed E-state index contributed by atoms with van der Waals surface area (Å²) in [6, 6.07) is 9.11. The SMILES string of the molecule is CC[C@H](C)[C@@H]([C@@H](CC(=O)N1CCC[C@H]1[C@H](OC)[C@@H](C)C(=O)N[C@H](C)[C@@H](O)c1ccccc1)OC)N(C)C(=O)[C@@H](NC(=O)[C@H](C(C)C)N(C)C(=O)OCc1ccc(O[C@@H]2O[C@H](C(=O)O)[C@@H](O)[C@H](O)[C@H]2O)c(NC(=O)CCOCCOCCOCCOCCOCCOCCN)c1)C(C)C. The summed E-state index contributed by atoms with van der Waals surface area (Å²) in [4.78, 5) is 101. The first-order chi connectivity index (χ1) is 46.7. The van der Waals surface area contributed by atoms with Crippen molar-refractivity contribution >= 4 is 47.3 Å². The van der Waals surface area contributed by atoms with Crippen LogP contribution in [0.15, 0.2) is 48.5 Å². The zero-order valence-electron chi connectivity index (χ0n) is 59.1. The molecule has 556 valence electrons. The predicted molar refractivity (Wildman–Crippen MR) is 357 cm³/mol. The number of hydrogen-bond donors (Lipinski definition) is 9. The van der Waals surface area contributed by atoms with Gasteiger partial charge in [-0.1, -0.05) is 91.3 Å². The van der Waals surface area contributed by atoms with Crippen LogP contribution in [-0.2, 0) is 82.7 Å². The van der Waals surface area contributed by atoms with E-state index in [-0.39, 0.29) is 74.0 Å². The van der Waals surface area contributed by atoms with Crippen molar-refractivity contribution in [2.75, 3.05) is 126 Å². The van der Waals surface area contributed by atoms with Gasteiger partial charge in [0.05, 0.1) is 140 Å². The molecule has 2 heterocycles. The Morgan fingerprint density at radius 3 is 1.83 bits per heavy atom. The largest absolute Gasteiger partial charge is 0.479 e. The number of anilines is 1. The number of methoxy groups -OCH3 is 2. The molecule has 2 saturated heterocycles. The molecular formula is C68H111N7O23. The maximum absolute atomic E-state index is 14.9. The summed E-state index contributed by atoms with van der Waals surface area (Å²) in [5, 5.41) is 60.7. The van der Waals surface area contributed by atoms with Crippen molar-refractivity contribution in [3.8, 4) is 5.75 Å². The molecule has 15 atom stereocenters. The van der Waals surface area contributed by atoms with Gasteiger partial charge in [0.1, 0.15) is 42.8 Å². The van der Waals surface area contributed by atoms with E-state index in [1.54, 1.807) is 65.6 Å². The van der Waals surface area contributed by atoms with Crippen LogP contribution in [0.3, 0.4) is 0 Å². The summed E-state index contributed by atoms with van der Waals surface area (Å²) in [5.41, 5.74) is 6.25. The van der Waals surface area contributed by atoms with E-state index >= 15 is 0 Å². The van der Waals surface area contributed by atoms with Crippen LogP contribution in [0.5, 0.6) is 5.75 Å². The lowest BCUT2D eigenvalue weighted by atomic mass is 9.89. The molecule has 0 saturated carbocycles. The molecule has 2 aliphatic heterocycles. The molecule has 0 unspecified atom stereocenters. The van der Waals surface area contributed by atoms with Gasteiger partial charge < -0.3 is 109 Å². The number of nitrogens with zero attached hydrogens (tertiary/aromatic N) is 3. The monoisotopic (exact) mass is 1390 g/mol. The van der Waals surface area contributed by atoms with Crippen molar-refractivity contribution in [3.63, 3.8) is 0 Å². The van der Waals surface area contributed by atoms with Gasteiger partial charge >= 0.3 is 12.1 Å². The molecule has 0 bridgehead atoms. The summed E-state index contributed by atoms with van der Waals surface area (Å²) in [5.74, 6) is -6.02.